The lowest BCUT2D eigenvalue weighted by Gasteiger charge is -2.31. The predicted molar refractivity (Wildman–Crippen MR) is 98.2 cm³/mol. The molecule has 0 aliphatic carbocycles. The van der Waals surface area contributed by atoms with Crippen molar-refractivity contribution in [2.45, 2.75) is 18.8 Å². The van der Waals surface area contributed by atoms with Crippen LogP contribution >= 0.6 is 47.8 Å². The van der Waals surface area contributed by atoms with Gasteiger partial charge in [-0.1, -0.05) is 77.6 Å². The van der Waals surface area contributed by atoms with Crippen LogP contribution in [0.15, 0.2) is 46.9 Å². The van der Waals surface area contributed by atoms with Crippen LogP contribution in [0.25, 0.3) is 0 Å². The molecule has 2 aromatic rings. The van der Waals surface area contributed by atoms with Crippen molar-refractivity contribution < 1.29 is 4.39 Å². The molecule has 2 aromatic carbocycles. The number of benzene rings is 2. The van der Waals surface area contributed by atoms with Gasteiger partial charge in [0, 0.05) is 20.5 Å². The van der Waals surface area contributed by atoms with Gasteiger partial charge < -0.3 is 0 Å². The van der Waals surface area contributed by atoms with Crippen molar-refractivity contribution in [1.82, 2.24) is 0 Å². The first-order valence-corrected chi connectivity index (χ1v) is 9.67. The number of hydrogen-bond acceptors (Lipinski definition) is 0. The van der Waals surface area contributed by atoms with Crippen molar-refractivity contribution in [2.75, 3.05) is 10.7 Å². The molecule has 0 aliphatic rings. The van der Waals surface area contributed by atoms with E-state index >= 15 is 0 Å². The van der Waals surface area contributed by atoms with Crippen molar-refractivity contribution in [2.24, 2.45) is 0 Å². The lowest BCUT2D eigenvalue weighted by molar-refractivity contribution is 0.546. The van der Waals surface area contributed by atoms with E-state index in [4.69, 9.17) is 0 Å². The summed E-state index contributed by atoms with van der Waals surface area (Å²) in [5, 5.41) is 1.62. The van der Waals surface area contributed by atoms with E-state index in [2.05, 4.69) is 79.0 Å². The summed E-state index contributed by atoms with van der Waals surface area (Å²) in [6.07, 6.45) is 0.767. The molecule has 0 aliphatic heterocycles. The standard InChI is InChI=1S/C17H16Br3F/c1-12-3-2-4-14(5-12)17(10-18,11-19)9-13-6-15(20)8-16(21)7-13/h2-8H,9-11H2,1H3. The topological polar surface area (TPSA) is 0 Å². The van der Waals surface area contributed by atoms with Crippen molar-refractivity contribution >= 4 is 47.8 Å². The summed E-state index contributed by atoms with van der Waals surface area (Å²) in [5.41, 5.74) is 3.39. The maximum Gasteiger partial charge on any atom is 0.124 e. The van der Waals surface area contributed by atoms with Crippen LogP contribution in [-0.4, -0.2) is 10.7 Å². The zero-order valence-corrected chi connectivity index (χ0v) is 16.4. The van der Waals surface area contributed by atoms with E-state index in [1.807, 2.05) is 6.07 Å². The third-order valence-corrected chi connectivity index (χ3v) is 6.21. The summed E-state index contributed by atoms with van der Waals surface area (Å²) in [7, 11) is 0. The fourth-order valence-corrected chi connectivity index (χ4v) is 4.95. The minimum atomic E-state index is -0.207. The molecule has 0 unspecified atom stereocenters. The molecule has 21 heavy (non-hydrogen) atoms. The number of rotatable bonds is 5. The zero-order chi connectivity index (χ0) is 15.5. The normalized spacial score (nSPS) is 11.7. The van der Waals surface area contributed by atoms with Gasteiger partial charge in [0.1, 0.15) is 5.82 Å². The van der Waals surface area contributed by atoms with Gasteiger partial charge in [0.05, 0.1) is 0 Å². The van der Waals surface area contributed by atoms with Gasteiger partial charge in [-0.05, 0) is 42.7 Å². The Morgan fingerprint density at radius 2 is 1.76 bits per heavy atom. The highest BCUT2D eigenvalue weighted by Gasteiger charge is 2.30. The quantitative estimate of drug-likeness (QED) is 0.451. The minimum Gasteiger partial charge on any atom is -0.207 e. The van der Waals surface area contributed by atoms with E-state index in [1.54, 1.807) is 6.07 Å². The van der Waals surface area contributed by atoms with Crippen LogP contribution < -0.4 is 0 Å². The first-order chi connectivity index (χ1) is 9.99. The lowest BCUT2D eigenvalue weighted by atomic mass is 9.78. The van der Waals surface area contributed by atoms with Crippen molar-refractivity contribution in [3.63, 3.8) is 0 Å². The SMILES string of the molecule is Cc1cccc(C(CBr)(CBr)Cc2cc(F)cc(Br)c2)c1. The summed E-state index contributed by atoms with van der Waals surface area (Å²) in [6, 6.07) is 13.6. The highest BCUT2D eigenvalue weighted by molar-refractivity contribution is 9.10. The largest absolute Gasteiger partial charge is 0.207 e. The molecule has 0 nitrogen and oxygen atoms in total. The molecule has 0 saturated carbocycles. The number of aryl methyl sites for hydroxylation is 1. The molecule has 2 rings (SSSR count). The van der Waals surface area contributed by atoms with E-state index < -0.39 is 0 Å². The average Bonchev–Trinajstić information content (AvgIpc) is 2.44. The molecule has 0 N–H and O–H groups in total. The Bertz CT molecular complexity index is 601. The molecule has 0 aromatic heterocycles. The minimum absolute atomic E-state index is 0.0980. The summed E-state index contributed by atoms with van der Waals surface area (Å²) in [4.78, 5) is 0. The molecule has 0 bridgehead atoms. The molecule has 0 saturated heterocycles. The third-order valence-electron chi connectivity index (χ3n) is 3.61. The highest BCUT2D eigenvalue weighted by Crippen LogP contribution is 2.34. The van der Waals surface area contributed by atoms with Crippen LogP contribution in [0.4, 0.5) is 4.39 Å². The van der Waals surface area contributed by atoms with E-state index in [0.29, 0.717) is 0 Å². The van der Waals surface area contributed by atoms with Crippen LogP contribution in [0.5, 0.6) is 0 Å². The molecule has 4 heteroatoms. The van der Waals surface area contributed by atoms with Crippen molar-refractivity contribution in [3.05, 3.63) is 69.4 Å². The first kappa shape index (κ1) is 17.2. The smallest absolute Gasteiger partial charge is 0.124 e. The molecule has 0 atom stereocenters. The lowest BCUT2D eigenvalue weighted by Crippen LogP contribution is -2.33. The molecule has 0 fully saturated rings. The first-order valence-electron chi connectivity index (χ1n) is 6.63. The van der Waals surface area contributed by atoms with Gasteiger partial charge >= 0.3 is 0 Å². The zero-order valence-electron chi connectivity index (χ0n) is 11.7. The summed E-state index contributed by atoms with van der Waals surface area (Å²) in [6.45, 7) is 2.09. The van der Waals surface area contributed by atoms with E-state index in [0.717, 1.165) is 27.1 Å². The molecular weight excluding hydrogens is 463 g/mol. The Balaban J connectivity index is 2.42. The molecule has 0 amide bonds. The second-order valence-corrected chi connectivity index (χ2v) is 7.41. The highest BCUT2D eigenvalue weighted by atomic mass is 79.9. The molecule has 0 spiro atoms. The van der Waals surface area contributed by atoms with Crippen molar-refractivity contribution in [1.29, 1.82) is 0 Å². The van der Waals surface area contributed by atoms with Crippen LogP contribution in [0, 0.1) is 12.7 Å². The number of hydrogen-bond donors (Lipinski definition) is 0. The molecule has 0 radical (unpaired) electrons. The molecular formula is C17H16Br3F. The van der Waals surface area contributed by atoms with Crippen molar-refractivity contribution in [3.8, 4) is 0 Å². The van der Waals surface area contributed by atoms with E-state index in [1.165, 1.54) is 17.2 Å². The van der Waals surface area contributed by atoms with E-state index in [-0.39, 0.29) is 11.2 Å². The summed E-state index contributed by atoms with van der Waals surface area (Å²) < 4.78 is 14.4. The maximum atomic E-state index is 13.6. The molecule has 0 heterocycles. The second kappa shape index (κ2) is 7.38. The summed E-state index contributed by atoms with van der Waals surface area (Å²) in [5.74, 6) is -0.207. The van der Waals surface area contributed by atoms with Gasteiger partial charge in [0.25, 0.3) is 0 Å². The summed E-state index contributed by atoms with van der Waals surface area (Å²) >= 11 is 10.7. The van der Waals surface area contributed by atoms with Crippen LogP contribution in [0.2, 0.25) is 0 Å². The monoisotopic (exact) mass is 476 g/mol. The van der Waals surface area contributed by atoms with Gasteiger partial charge in [-0.2, -0.15) is 0 Å². The second-order valence-electron chi connectivity index (χ2n) is 5.37. The maximum absolute atomic E-state index is 13.6. The fraction of sp³-hybridized carbons (Fsp3) is 0.294. The van der Waals surface area contributed by atoms with Gasteiger partial charge in [0.15, 0.2) is 0 Å². The predicted octanol–water partition coefficient (Wildman–Crippen LogP) is 6.17. The Hall–Kier alpha value is -0.190. The van der Waals surface area contributed by atoms with Gasteiger partial charge in [-0.25, -0.2) is 4.39 Å². The fourth-order valence-electron chi connectivity index (χ4n) is 2.47. The van der Waals surface area contributed by atoms with Gasteiger partial charge in [-0.3, -0.25) is 0 Å². The van der Waals surface area contributed by atoms with E-state index in [9.17, 15) is 4.39 Å². The Morgan fingerprint density at radius 1 is 1.05 bits per heavy atom. The van der Waals surface area contributed by atoms with Crippen LogP contribution in [0.3, 0.4) is 0 Å². The third kappa shape index (κ3) is 4.17. The average molecular weight is 479 g/mol. The Morgan fingerprint density at radius 3 is 2.33 bits per heavy atom. The number of halogens is 4. The van der Waals surface area contributed by atoms with Gasteiger partial charge in [-0.15, -0.1) is 0 Å². The van der Waals surface area contributed by atoms with Crippen LogP contribution in [0.1, 0.15) is 16.7 Å². The molecule has 112 valence electrons. The Kier molecular flexibility index (Phi) is 6.04. The van der Waals surface area contributed by atoms with Gasteiger partial charge in [0.2, 0.25) is 0 Å². The van der Waals surface area contributed by atoms with Crippen LogP contribution in [-0.2, 0) is 11.8 Å². The Labute approximate surface area is 150 Å². The number of alkyl halides is 2.